The van der Waals surface area contributed by atoms with E-state index in [1.165, 1.54) is 0 Å². The first-order valence-corrected chi connectivity index (χ1v) is 10.6. The highest BCUT2D eigenvalue weighted by Crippen LogP contribution is 2.32. The van der Waals surface area contributed by atoms with Crippen LogP contribution in [0, 0.1) is 6.92 Å². The van der Waals surface area contributed by atoms with E-state index in [0.29, 0.717) is 30.3 Å². The molecule has 12 heteroatoms. The summed E-state index contributed by atoms with van der Waals surface area (Å²) in [6.45, 7) is 0.808. The summed E-state index contributed by atoms with van der Waals surface area (Å²) in [6.07, 6.45) is -0.521. The summed E-state index contributed by atoms with van der Waals surface area (Å²) >= 11 is 0. The van der Waals surface area contributed by atoms with Crippen LogP contribution in [0.15, 0.2) is 18.5 Å². The molecule has 1 aliphatic heterocycles. The fraction of sp³-hybridized carbons (Fsp3) is 0.471. The lowest BCUT2D eigenvalue weighted by molar-refractivity contribution is -0.121. The number of halogens is 3. The molecule has 1 atom stereocenters. The van der Waals surface area contributed by atoms with Gasteiger partial charge in [-0.1, -0.05) is 0 Å². The monoisotopic (exact) mass is 428 g/mol. The second-order valence-corrected chi connectivity index (χ2v) is 9.11. The number of anilines is 1. The summed E-state index contributed by atoms with van der Waals surface area (Å²) in [5, 5.41) is 0.580. The van der Waals surface area contributed by atoms with Crippen molar-refractivity contribution in [3.8, 4) is 0 Å². The van der Waals surface area contributed by atoms with Crippen LogP contribution in [0.2, 0.25) is 0 Å². The zero-order valence-electron chi connectivity index (χ0n) is 15.5. The molecule has 4 heterocycles. The van der Waals surface area contributed by atoms with Crippen LogP contribution in [0.4, 0.5) is 19.0 Å². The fourth-order valence-electron chi connectivity index (χ4n) is 3.65. The summed E-state index contributed by atoms with van der Waals surface area (Å²) in [5.74, 6) is 1.20. The van der Waals surface area contributed by atoms with Gasteiger partial charge in [0.25, 0.3) is 0 Å². The van der Waals surface area contributed by atoms with Gasteiger partial charge in [-0.2, -0.15) is 13.2 Å². The molecule has 8 nitrogen and oxygen atoms in total. The summed E-state index contributed by atoms with van der Waals surface area (Å²) in [7, 11) is -4.12. The summed E-state index contributed by atoms with van der Waals surface area (Å²) in [5.41, 5.74) is 1.28. The Labute approximate surface area is 164 Å². The number of H-pyrrole nitrogens is 1. The van der Waals surface area contributed by atoms with E-state index in [1.807, 2.05) is 11.0 Å². The molecule has 1 fully saturated rings. The molecule has 0 bridgehead atoms. The summed E-state index contributed by atoms with van der Waals surface area (Å²) < 4.78 is 63.9. The molecule has 156 valence electrons. The number of fused-ring (bicyclic) bond motifs is 3. The van der Waals surface area contributed by atoms with Crippen molar-refractivity contribution in [2.45, 2.75) is 31.2 Å². The van der Waals surface area contributed by atoms with Crippen LogP contribution in [-0.2, 0) is 10.0 Å². The third kappa shape index (κ3) is 3.99. The smallest absolute Gasteiger partial charge is 0.355 e. The molecule has 29 heavy (non-hydrogen) atoms. The highest BCUT2D eigenvalue weighted by Gasteiger charge is 2.36. The predicted molar refractivity (Wildman–Crippen MR) is 102 cm³/mol. The average Bonchev–Trinajstić information content (AvgIpc) is 3.14. The van der Waals surface area contributed by atoms with Crippen LogP contribution in [0.25, 0.3) is 21.9 Å². The number of nitrogens with one attached hydrogen (secondary N) is 2. The Balaban J connectivity index is 1.70. The van der Waals surface area contributed by atoms with E-state index >= 15 is 0 Å². The topological polar surface area (TPSA) is 104 Å². The molecule has 4 rings (SSSR count). The minimum atomic E-state index is -4.60. The lowest BCUT2D eigenvalue weighted by atomic mass is 10.1. The van der Waals surface area contributed by atoms with Gasteiger partial charge in [-0.25, -0.2) is 28.1 Å². The zero-order chi connectivity index (χ0) is 20.8. The van der Waals surface area contributed by atoms with Crippen LogP contribution >= 0.6 is 0 Å². The lowest BCUT2D eigenvalue weighted by Crippen LogP contribution is -2.48. The number of hydrogen-bond acceptors (Lipinski definition) is 6. The van der Waals surface area contributed by atoms with Gasteiger partial charge in [0.15, 0.2) is 5.65 Å². The Morgan fingerprint density at radius 2 is 2.14 bits per heavy atom. The molecule has 0 saturated carbocycles. The summed E-state index contributed by atoms with van der Waals surface area (Å²) in [4.78, 5) is 18.0. The van der Waals surface area contributed by atoms with E-state index in [-0.39, 0.29) is 13.0 Å². The van der Waals surface area contributed by atoms with E-state index < -0.39 is 28.0 Å². The quantitative estimate of drug-likeness (QED) is 0.661. The van der Waals surface area contributed by atoms with Crippen molar-refractivity contribution in [1.29, 1.82) is 0 Å². The van der Waals surface area contributed by atoms with E-state index in [2.05, 4.69) is 19.9 Å². The minimum absolute atomic E-state index is 0.0523. The number of sulfonamides is 1. The highest BCUT2D eigenvalue weighted by atomic mass is 32.2. The van der Waals surface area contributed by atoms with E-state index in [4.69, 9.17) is 0 Å². The molecule has 0 radical (unpaired) electrons. The molecular formula is C17H19F3N6O2S. The number of alkyl halides is 3. The van der Waals surface area contributed by atoms with Gasteiger partial charge in [0, 0.05) is 24.7 Å². The molecular weight excluding hydrogens is 409 g/mol. The van der Waals surface area contributed by atoms with Crippen molar-refractivity contribution < 1.29 is 21.6 Å². The van der Waals surface area contributed by atoms with Crippen molar-refractivity contribution in [2.75, 3.05) is 24.5 Å². The van der Waals surface area contributed by atoms with Gasteiger partial charge in [-0.05, 0) is 25.8 Å². The number of aromatic amines is 1. The van der Waals surface area contributed by atoms with Crippen molar-refractivity contribution in [2.24, 2.45) is 0 Å². The Morgan fingerprint density at radius 1 is 1.34 bits per heavy atom. The molecule has 0 spiro atoms. The highest BCUT2D eigenvalue weighted by molar-refractivity contribution is 7.90. The molecule has 1 aliphatic rings. The van der Waals surface area contributed by atoms with Gasteiger partial charge in [0.05, 0.1) is 22.3 Å². The number of aromatic nitrogens is 4. The maximum Gasteiger partial charge on any atom is 0.402 e. The molecule has 1 saturated heterocycles. The molecule has 3 aromatic heterocycles. The Bertz CT molecular complexity index is 1160. The molecule has 1 unspecified atom stereocenters. The zero-order valence-corrected chi connectivity index (χ0v) is 16.3. The number of hydrogen-bond donors (Lipinski definition) is 2. The van der Waals surface area contributed by atoms with Crippen LogP contribution in [0.1, 0.15) is 18.7 Å². The van der Waals surface area contributed by atoms with Gasteiger partial charge < -0.3 is 9.88 Å². The maximum atomic E-state index is 12.5. The second kappa shape index (κ2) is 7.10. The average molecular weight is 428 g/mol. The Morgan fingerprint density at radius 3 is 2.90 bits per heavy atom. The number of nitrogens with zero attached hydrogens (tertiary/aromatic N) is 4. The number of pyridine rings is 1. The Hall–Kier alpha value is -2.47. The lowest BCUT2D eigenvalue weighted by Gasteiger charge is -2.34. The predicted octanol–water partition coefficient (Wildman–Crippen LogP) is 2.27. The third-order valence-electron chi connectivity index (χ3n) is 4.94. The minimum Gasteiger partial charge on any atom is -0.355 e. The van der Waals surface area contributed by atoms with Gasteiger partial charge >= 0.3 is 6.18 Å². The molecule has 0 amide bonds. The van der Waals surface area contributed by atoms with Crippen molar-refractivity contribution in [3.05, 3.63) is 24.3 Å². The van der Waals surface area contributed by atoms with E-state index in [9.17, 15) is 21.6 Å². The normalized spacial score (nSPS) is 18.6. The van der Waals surface area contributed by atoms with Crippen LogP contribution in [0.5, 0.6) is 0 Å². The SMILES string of the molecule is Cc1nc(N2CCCC(S(=O)(=O)NCC(F)(F)F)C2)c2c(cnc3nccc32)[nH]1. The first kappa shape index (κ1) is 19.8. The van der Waals surface area contributed by atoms with Gasteiger partial charge in [0.2, 0.25) is 10.0 Å². The van der Waals surface area contributed by atoms with Crippen molar-refractivity contribution >= 4 is 37.8 Å². The first-order valence-electron chi connectivity index (χ1n) is 9.04. The van der Waals surface area contributed by atoms with Crippen LogP contribution < -0.4 is 9.62 Å². The van der Waals surface area contributed by atoms with Crippen LogP contribution in [-0.4, -0.2) is 59.4 Å². The largest absolute Gasteiger partial charge is 0.402 e. The van der Waals surface area contributed by atoms with Crippen molar-refractivity contribution in [3.63, 3.8) is 0 Å². The molecule has 3 aromatic rings. The maximum absolute atomic E-state index is 12.5. The van der Waals surface area contributed by atoms with Gasteiger partial charge in [0.1, 0.15) is 18.2 Å². The molecule has 0 aromatic carbocycles. The van der Waals surface area contributed by atoms with Gasteiger partial charge in [-0.15, -0.1) is 0 Å². The van der Waals surface area contributed by atoms with Crippen molar-refractivity contribution in [1.82, 2.24) is 24.7 Å². The second-order valence-electron chi connectivity index (χ2n) is 7.07. The van der Waals surface area contributed by atoms with E-state index in [0.717, 1.165) is 16.3 Å². The third-order valence-corrected chi connectivity index (χ3v) is 6.75. The fourth-order valence-corrected chi connectivity index (χ4v) is 5.10. The molecule has 2 N–H and O–H groups in total. The number of piperidine rings is 1. The number of aryl methyl sites for hydroxylation is 1. The van der Waals surface area contributed by atoms with Gasteiger partial charge in [-0.3, -0.25) is 0 Å². The Kier molecular flexibility index (Phi) is 4.85. The van der Waals surface area contributed by atoms with E-state index in [1.54, 1.807) is 24.0 Å². The van der Waals surface area contributed by atoms with Crippen LogP contribution in [0.3, 0.4) is 0 Å². The first-order chi connectivity index (χ1) is 13.6. The number of rotatable bonds is 4. The summed E-state index contributed by atoms with van der Waals surface area (Å²) in [6, 6.07) is 1.81. The molecule has 0 aliphatic carbocycles. The standard InChI is InChI=1S/C17H19F3N6O2S/c1-10-24-13-7-22-15-12(4-5-21-15)14(13)16(25-10)26-6-2-3-11(8-26)29(27,28)23-9-17(18,19)20/h4-5,7,11,23H,2-3,6,8-9H2,1H3,(H,24,25).